The molecule has 2 saturated heterocycles. The highest BCUT2D eigenvalue weighted by molar-refractivity contribution is 7.99. The molecule has 0 spiro atoms. The van der Waals surface area contributed by atoms with Crippen molar-refractivity contribution in [2.24, 2.45) is 0 Å². The number of hydrogen-bond donors (Lipinski definition) is 2. The zero-order valence-electron chi connectivity index (χ0n) is 22.2. The van der Waals surface area contributed by atoms with Crippen LogP contribution in [-0.4, -0.2) is 103 Å². The molecule has 0 radical (unpaired) electrons. The number of pyridine rings is 1. The Morgan fingerprint density at radius 3 is 2.49 bits per heavy atom. The molecule has 2 aromatic heterocycles. The maximum atomic E-state index is 12.7. The van der Waals surface area contributed by atoms with Gasteiger partial charge in [-0.1, -0.05) is 23.9 Å². The zero-order valence-corrected chi connectivity index (χ0v) is 23.0. The van der Waals surface area contributed by atoms with Crippen LogP contribution in [0.3, 0.4) is 0 Å². The number of amides is 2. The van der Waals surface area contributed by atoms with Gasteiger partial charge in [0, 0.05) is 43.5 Å². The molecular weight excluding hydrogens is 552 g/mol. The van der Waals surface area contributed by atoms with Crippen molar-refractivity contribution in [3.63, 3.8) is 0 Å². The third-order valence-corrected chi connectivity index (χ3v) is 7.97. The number of morpholine rings is 1. The smallest absolute Gasteiger partial charge is 0.415 e. The van der Waals surface area contributed by atoms with Crippen molar-refractivity contribution in [1.29, 1.82) is 0 Å². The van der Waals surface area contributed by atoms with Crippen molar-refractivity contribution in [2.45, 2.75) is 36.3 Å². The Morgan fingerprint density at radius 1 is 1.05 bits per heavy atom. The van der Waals surface area contributed by atoms with Crippen LogP contribution in [0.25, 0.3) is 0 Å². The molecule has 0 bridgehead atoms. The monoisotopic (exact) mass is 582 g/mol. The number of aromatic nitrogens is 5. The van der Waals surface area contributed by atoms with Gasteiger partial charge in [0.15, 0.2) is 5.75 Å². The first-order valence-electron chi connectivity index (χ1n) is 13.2. The molecule has 0 aliphatic carbocycles. The van der Waals surface area contributed by atoms with Crippen molar-refractivity contribution in [2.75, 3.05) is 44.7 Å². The van der Waals surface area contributed by atoms with Crippen LogP contribution >= 0.6 is 11.8 Å². The van der Waals surface area contributed by atoms with E-state index in [-0.39, 0.29) is 23.5 Å². The molecule has 2 amide bonds. The molecule has 14 nitrogen and oxygen atoms in total. The number of rotatable bonds is 9. The van der Waals surface area contributed by atoms with Gasteiger partial charge in [-0.15, -0.1) is 5.10 Å². The van der Waals surface area contributed by atoms with E-state index in [2.05, 4.69) is 30.7 Å². The van der Waals surface area contributed by atoms with Gasteiger partial charge in [-0.2, -0.15) is 0 Å². The molecule has 0 unspecified atom stereocenters. The van der Waals surface area contributed by atoms with Gasteiger partial charge in [0.25, 0.3) is 5.91 Å². The molecular formula is C26H30N8O6S. The van der Waals surface area contributed by atoms with Gasteiger partial charge in [0.1, 0.15) is 12.4 Å². The Balaban J connectivity index is 1.06. The van der Waals surface area contributed by atoms with Crippen molar-refractivity contribution in [3.05, 3.63) is 53.7 Å². The fourth-order valence-electron chi connectivity index (χ4n) is 4.46. The Hall–Kier alpha value is -4.08. The van der Waals surface area contributed by atoms with Crippen molar-refractivity contribution >= 4 is 35.5 Å². The first kappa shape index (κ1) is 28.4. The number of anilines is 1. The highest BCUT2D eigenvalue weighted by atomic mass is 32.2. The number of carbonyl (C=O) groups excluding carboxylic acids is 2. The van der Waals surface area contributed by atoms with Gasteiger partial charge < -0.3 is 24.8 Å². The predicted octanol–water partition coefficient (Wildman–Crippen LogP) is 1.99. The number of tetrazole rings is 1. The zero-order chi connectivity index (χ0) is 28.6. The van der Waals surface area contributed by atoms with E-state index in [1.807, 2.05) is 12.1 Å². The summed E-state index contributed by atoms with van der Waals surface area (Å²) >= 11 is 1.40. The van der Waals surface area contributed by atoms with E-state index >= 15 is 0 Å². The van der Waals surface area contributed by atoms with Crippen molar-refractivity contribution in [3.8, 4) is 5.75 Å². The van der Waals surface area contributed by atoms with E-state index < -0.39 is 12.1 Å². The topological polar surface area (TPSA) is 165 Å². The first-order chi connectivity index (χ1) is 19.9. The third-order valence-electron chi connectivity index (χ3n) is 6.67. The number of carboxylic acids is 1. The second-order valence-electron chi connectivity index (χ2n) is 9.60. The molecule has 4 heterocycles. The Bertz CT molecular complexity index is 1340. The van der Waals surface area contributed by atoms with Crippen LogP contribution in [0, 0.1) is 0 Å². The Morgan fingerprint density at radius 2 is 1.80 bits per heavy atom. The van der Waals surface area contributed by atoms with Crippen LogP contribution < -0.4 is 10.1 Å². The molecule has 1 aromatic carbocycles. The lowest BCUT2D eigenvalue weighted by molar-refractivity contribution is -0.138. The lowest BCUT2D eigenvalue weighted by atomic mass is 10.1. The van der Waals surface area contributed by atoms with E-state index in [0.717, 1.165) is 38.4 Å². The highest BCUT2D eigenvalue weighted by Gasteiger charge is 2.26. The number of hydrogen-bond acceptors (Lipinski definition) is 11. The van der Waals surface area contributed by atoms with Crippen molar-refractivity contribution in [1.82, 2.24) is 35.0 Å². The number of likely N-dealkylation sites (tertiary alicyclic amines) is 1. The van der Waals surface area contributed by atoms with E-state index in [0.29, 0.717) is 42.5 Å². The van der Waals surface area contributed by atoms with Gasteiger partial charge in [-0.05, 0) is 53.1 Å². The molecule has 2 aliphatic heterocycles. The van der Waals surface area contributed by atoms with Crippen LogP contribution in [0.5, 0.6) is 5.75 Å². The summed E-state index contributed by atoms with van der Waals surface area (Å²) in [6.45, 7) is 4.75. The molecule has 0 saturated carbocycles. The summed E-state index contributed by atoms with van der Waals surface area (Å²) in [5.74, 6) is -0.690. The number of carboxylic acid groups (broad SMARTS) is 1. The minimum absolute atomic E-state index is 0.142. The SMILES string of the molecule is O=C(O)Cn1nnnc1SC1CCN(C(=O)Oc2ccc(NC(=O)c3ccc(CN4CCOCC4)cc3)nc2)CC1. The largest absolute Gasteiger partial charge is 0.480 e. The fourth-order valence-corrected chi connectivity index (χ4v) is 5.51. The quantitative estimate of drug-likeness (QED) is 0.377. The van der Waals surface area contributed by atoms with Crippen LogP contribution in [0.1, 0.15) is 28.8 Å². The maximum Gasteiger partial charge on any atom is 0.415 e. The average molecular weight is 583 g/mol. The summed E-state index contributed by atoms with van der Waals surface area (Å²) in [4.78, 5) is 44.4. The van der Waals surface area contributed by atoms with Crippen LogP contribution in [0.15, 0.2) is 47.8 Å². The number of benzene rings is 1. The van der Waals surface area contributed by atoms with Gasteiger partial charge >= 0.3 is 12.1 Å². The number of carbonyl (C=O) groups is 3. The van der Waals surface area contributed by atoms with E-state index in [4.69, 9.17) is 14.6 Å². The number of ether oxygens (including phenoxy) is 2. The average Bonchev–Trinajstić information content (AvgIpc) is 3.41. The van der Waals surface area contributed by atoms with E-state index in [1.54, 1.807) is 29.2 Å². The summed E-state index contributed by atoms with van der Waals surface area (Å²) in [7, 11) is 0. The van der Waals surface area contributed by atoms with Crippen LogP contribution in [-0.2, 0) is 22.6 Å². The third kappa shape index (κ3) is 7.99. The lowest BCUT2D eigenvalue weighted by Gasteiger charge is -2.30. The summed E-state index contributed by atoms with van der Waals surface area (Å²) in [5, 5.41) is 23.5. The predicted molar refractivity (Wildman–Crippen MR) is 147 cm³/mol. The summed E-state index contributed by atoms with van der Waals surface area (Å²) < 4.78 is 12.1. The van der Waals surface area contributed by atoms with Gasteiger partial charge in [-0.3, -0.25) is 14.5 Å². The Labute approximate surface area is 240 Å². The molecule has 2 N–H and O–H groups in total. The second kappa shape index (κ2) is 13.5. The number of nitrogens with zero attached hydrogens (tertiary/aromatic N) is 7. The summed E-state index contributed by atoms with van der Waals surface area (Å²) in [5.41, 5.74) is 1.65. The Kier molecular flexibility index (Phi) is 9.38. The number of thioether (sulfide) groups is 1. The summed E-state index contributed by atoms with van der Waals surface area (Å²) in [6.07, 6.45) is 2.26. The van der Waals surface area contributed by atoms with Gasteiger partial charge in [-0.25, -0.2) is 14.5 Å². The van der Waals surface area contributed by atoms with Crippen LogP contribution in [0.2, 0.25) is 0 Å². The normalized spacial score (nSPS) is 16.3. The van der Waals surface area contributed by atoms with Crippen LogP contribution in [0.4, 0.5) is 10.6 Å². The summed E-state index contributed by atoms with van der Waals surface area (Å²) in [6, 6.07) is 10.6. The molecule has 0 atom stereocenters. The van der Waals surface area contributed by atoms with E-state index in [1.165, 1.54) is 22.6 Å². The molecule has 3 aromatic rings. The molecule has 216 valence electrons. The molecule has 2 aliphatic rings. The molecule has 5 rings (SSSR count). The lowest BCUT2D eigenvalue weighted by Crippen LogP contribution is -2.41. The number of aliphatic carboxylic acids is 1. The number of nitrogens with one attached hydrogen (secondary N) is 1. The fraction of sp³-hybridized carbons (Fsp3) is 0.423. The standard InChI is InChI=1S/C26H30N8O6S/c35-23(36)17-34-25(29-30-31-34)41-21-7-9-33(10-8-21)26(38)40-20-5-6-22(27-15-20)28-24(37)19-3-1-18(2-4-19)16-32-11-13-39-14-12-32/h1-6,15,21H,7-14,16-17H2,(H,35,36)(H,27,28,37). The first-order valence-corrected chi connectivity index (χ1v) is 14.1. The highest BCUT2D eigenvalue weighted by Crippen LogP contribution is 2.29. The number of piperidine rings is 1. The molecule has 41 heavy (non-hydrogen) atoms. The van der Waals surface area contributed by atoms with Crippen molar-refractivity contribution < 1.29 is 29.0 Å². The van der Waals surface area contributed by atoms with Gasteiger partial charge in [0.05, 0.1) is 19.4 Å². The van der Waals surface area contributed by atoms with Gasteiger partial charge in [0.2, 0.25) is 5.16 Å². The minimum Gasteiger partial charge on any atom is -0.480 e. The molecule has 2 fully saturated rings. The second-order valence-corrected chi connectivity index (χ2v) is 10.9. The molecule has 15 heteroatoms. The minimum atomic E-state index is -1.02. The van der Waals surface area contributed by atoms with E-state index in [9.17, 15) is 14.4 Å². The maximum absolute atomic E-state index is 12.7.